The summed E-state index contributed by atoms with van der Waals surface area (Å²) in [4.78, 5) is 24.9. The van der Waals surface area contributed by atoms with Gasteiger partial charge < -0.3 is 9.84 Å². The molecule has 0 saturated heterocycles. The normalized spacial score (nSPS) is 10.2. The summed E-state index contributed by atoms with van der Waals surface area (Å²) < 4.78 is 18.7. The number of aromatic nitrogens is 1. The summed E-state index contributed by atoms with van der Waals surface area (Å²) in [5, 5.41) is 19.6. The lowest BCUT2D eigenvalue weighted by molar-refractivity contribution is -0.385. The average Bonchev–Trinajstić information content (AvgIpc) is 2.37. The van der Waals surface area contributed by atoms with Crippen LogP contribution in [0.3, 0.4) is 0 Å². The second-order valence-electron chi connectivity index (χ2n) is 4.03. The molecule has 0 fully saturated rings. The van der Waals surface area contributed by atoms with Crippen LogP contribution < -0.4 is 4.74 Å². The maximum Gasteiger partial charge on any atom is 0.342 e. The van der Waals surface area contributed by atoms with E-state index in [1.165, 1.54) is 31.2 Å². The van der Waals surface area contributed by atoms with Crippen LogP contribution in [0.5, 0.6) is 11.6 Å². The quantitative estimate of drug-likeness (QED) is 0.686. The zero-order chi connectivity index (χ0) is 15.6. The van der Waals surface area contributed by atoms with Gasteiger partial charge in [-0.2, -0.15) is 0 Å². The van der Waals surface area contributed by atoms with Crippen molar-refractivity contribution in [1.82, 2.24) is 4.98 Å². The predicted molar refractivity (Wildman–Crippen MR) is 69.1 cm³/mol. The Labute approximate surface area is 117 Å². The number of aromatic carboxylic acids is 1. The van der Waals surface area contributed by atoms with Crippen molar-refractivity contribution >= 4 is 11.7 Å². The van der Waals surface area contributed by atoms with Crippen molar-refractivity contribution in [3.8, 4) is 11.6 Å². The minimum atomic E-state index is -1.48. The number of nitrogens with zero attached hydrogens (tertiary/aromatic N) is 2. The van der Waals surface area contributed by atoms with E-state index >= 15 is 0 Å². The topological polar surface area (TPSA) is 103 Å². The van der Waals surface area contributed by atoms with Crippen LogP contribution in [0, 0.1) is 22.9 Å². The number of halogens is 1. The van der Waals surface area contributed by atoms with Gasteiger partial charge in [0, 0.05) is 12.1 Å². The first-order chi connectivity index (χ1) is 9.90. The first kappa shape index (κ1) is 14.4. The summed E-state index contributed by atoms with van der Waals surface area (Å²) in [6, 6.07) is 5.93. The Morgan fingerprint density at radius 1 is 1.38 bits per heavy atom. The molecule has 7 nitrogen and oxygen atoms in total. The smallest absolute Gasteiger partial charge is 0.342 e. The number of carboxylic acids is 1. The van der Waals surface area contributed by atoms with Gasteiger partial charge in [0.25, 0.3) is 5.69 Å². The molecule has 0 aliphatic rings. The van der Waals surface area contributed by atoms with E-state index in [1.54, 1.807) is 0 Å². The minimum absolute atomic E-state index is 0.0637. The highest BCUT2D eigenvalue weighted by Gasteiger charge is 2.19. The van der Waals surface area contributed by atoms with Crippen molar-refractivity contribution in [2.45, 2.75) is 6.92 Å². The van der Waals surface area contributed by atoms with Crippen LogP contribution in [0.4, 0.5) is 10.1 Å². The molecule has 0 aliphatic heterocycles. The summed E-state index contributed by atoms with van der Waals surface area (Å²) in [6.45, 7) is 1.41. The van der Waals surface area contributed by atoms with E-state index < -0.39 is 22.3 Å². The third kappa shape index (κ3) is 2.94. The Bertz CT molecular complexity index is 732. The van der Waals surface area contributed by atoms with Crippen molar-refractivity contribution in [1.29, 1.82) is 0 Å². The highest BCUT2D eigenvalue weighted by molar-refractivity contribution is 5.91. The van der Waals surface area contributed by atoms with Gasteiger partial charge in [-0.15, -0.1) is 0 Å². The zero-order valence-electron chi connectivity index (χ0n) is 10.7. The van der Waals surface area contributed by atoms with Gasteiger partial charge in [0.1, 0.15) is 22.8 Å². The summed E-state index contributed by atoms with van der Waals surface area (Å²) in [5.74, 6) is -2.73. The van der Waals surface area contributed by atoms with Gasteiger partial charge in [-0.3, -0.25) is 10.1 Å². The molecule has 2 aromatic rings. The van der Waals surface area contributed by atoms with Gasteiger partial charge in [0.15, 0.2) is 0 Å². The third-order valence-electron chi connectivity index (χ3n) is 2.63. The lowest BCUT2D eigenvalue weighted by Gasteiger charge is -2.08. The van der Waals surface area contributed by atoms with Crippen molar-refractivity contribution in [2.24, 2.45) is 0 Å². The number of pyridine rings is 1. The maximum absolute atomic E-state index is 13.5. The minimum Gasteiger partial charge on any atom is -0.477 e. The molecular formula is C13H9FN2O5. The number of hydrogen-bond donors (Lipinski definition) is 1. The van der Waals surface area contributed by atoms with Crippen LogP contribution in [-0.2, 0) is 0 Å². The molecule has 0 unspecified atom stereocenters. The molecule has 1 aromatic heterocycles. The highest BCUT2D eigenvalue weighted by Crippen LogP contribution is 2.28. The molecule has 8 heteroatoms. The number of aryl methyl sites for hydroxylation is 1. The van der Waals surface area contributed by atoms with Gasteiger partial charge >= 0.3 is 5.97 Å². The van der Waals surface area contributed by atoms with E-state index in [0.717, 1.165) is 6.07 Å². The number of carboxylic acid groups (broad SMARTS) is 1. The molecule has 0 atom stereocenters. The van der Waals surface area contributed by atoms with E-state index in [1.807, 2.05) is 0 Å². The summed E-state index contributed by atoms with van der Waals surface area (Å²) in [7, 11) is 0. The Hall–Kier alpha value is -3.03. The van der Waals surface area contributed by atoms with Crippen LogP contribution in [0.2, 0.25) is 0 Å². The van der Waals surface area contributed by atoms with Crippen LogP contribution in [0.25, 0.3) is 0 Å². The molecule has 2 rings (SSSR count). The average molecular weight is 292 g/mol. The van der Waals surface area contributed by atoms with Crippen LogP contribution in [-0.4, -0.2) is 21.0 Å². The first-order valence-corrected chi connectivity index (χ1v) is 5.72. The Kier molecular flexibility index (Phi) is 3.79. The molecule has 0 radical (unpaired) electrons. The Balaban J connectivity index is 2.39. The van der Waals surface area contributed by atoms with Gasteiger partial charge in [-0.05, 0) is 19.1 Å². The second kappa shape index (κ2) is 5.53. The zero-order valence-corrected chi connectivity index (χ0v) is 10.7. The molecular weight excluding hydrogens is 283 g/mol. The number of ether oxygens (including phenoxy) is 1. The van der Waals surface area contributed by atoms with Crippen LogP contribution >= 0.6 is 0 Å². The first-order valence-electron chi connectivity index (χ1n) is 5.72. The fraction of sp³-hybridized carbons (Fsp3) is 0.0769. The molecule has 1 heterocycles. The van der Waals surface area contributed by atoms with E-state index in [-0.39, 0.29) is 23.0 Å². The fourth-order valence-electron chi connectivity index (χ4n) is 1.69. The molecule has 0 saturated carbocycles. The highest BCUT2D eigenvalue weighted by atomic mass is 19.1. The SMILES string of the molecule is Cc1nc(Oc2cccc(F)c2C(=O)O)ccc1[N+](=O)[O-]. The van der Waals surface area contributed by atoms with Crippen LogP contribution in [0.15, 0.2) is 30.3 Å². The van der Waals surface area contributed by atoms with E-state index in [4.69, 9.17) is 9.84 Å². The molecule has 0 bridgehead atoms. The monoisotopic (exact) mass is 292 g/mol. The number of carbonyl (C=O) groups is 1. The molecule has 1 N–H and O–H groups in total. The maximum atomic E-state index is 13.5. The van der Waals surface area contributed by atoms with Gasteiger partial charge in [0.05, 0.1) is 4.92 Å². The molecule has 108 valence electrons. The van der Waals surface area contributed by atoms with Gasteiger partial charge in [0.2, 0.25) is 5.88 Å². The number of hydrogen-bond acceptors (Lipinski definition) is 5. The lowest BCUT2D eigenvalue weighted by atomic mass is 10.2. The predicted octanol–water partition coefficient (Wildman–Crippen LogP) is 2.93. The lowest BCUT2D eigenvalue weighted by Crippen LogP contribution is -2.04. The third-order valence-corrected chi connectivity index (χ3v) is 2.63. The molecule has 0 spiro atoms. The Morgan fingerprint density at radius 3 is 2.67 bits per heavy atom. The largest absolute Gasteiger partial charge is 0.477 e. The summed E-state index contributed by atoms with van der Waals surface area (Å²) >= 11 is 0. The van der Waals surface area contributed by atoms with E-state index in [0.29, 0.717) is 0 Å². The van der Waals surface area contributed by atoms with Crippen molar-refractivity contribution in [2.75, 3.05) is 0 Å². The van der Waals surface area contributed by atoms with Crippen molar-refractivity contribution in [3.05, 3.63) is 57.5 Å². The number of nitro groups is 1. The van der Waals surface area contributed by atoms with Crippen molar-refractivity contribution in [3.63, 3.8) is 0 Å². The Morgan fingerprint density at radius 2 is 2.10 bits per heavy atom. The second-order valence-corrected chi connectivity index (χ2v) is 4.03. The van der Waals surface area contributed by atoms with Crippen LogP contribution in [0.1, 0.15) is 16.1 Å². The molecule has 0 amide bonds. The summed E-state index contributed by atoms with van der Waals surface area (Å²) in [5.41, 5.74) is -0.721. The number of rotatable bonds is 4. The standard InChI is InChI=1S/C13H9FN2O5/c1-7-9(16(19)20)5-6-11(15-7)21-10-4-2-3-8(14)12(10)13(17)18/h2-6H,1H3,(H,17,18). The molecule has 21 heavy (non-hydrogen) atoms. The van der Waals surface area contributed by atoms with E-state index in [9.17, 15) is 19.3 Å². The number of benzene rings is 1. The van der Waals surface area contributed by atoms with Crippen molar-refractivity contribution < 1.29 is 24.0 Å². The summed E-state index contributed by atoms with van der Waals surface area (Å²) in [6.07, 6.45) is 0. The molecule has 0 aliphatic carbocycles. The fourth-order valence-corrected chi connectivity index (χ4v) is 1.69. The molecule has 1 aromatic carbocycles. The van der Waals surface area contributed by atoms with Gasteiger partial charge in [-0.25, -0.2) is 14.2 Å². The van der Waals surface area contributed by atoms with Gasteiger partial charge in [-0.1, -0.05) is 6.07 Å². The van der Waals surface area contributed by atoms with E-state index in [2.05, 4.69) is 4.98 Å².